The van der Waals surface area contributed by atoms with Crippen LogP contribution in [0, 0.1) is 5.92 Å². The molecule has 1 aliphatic heterocycles. The number of aromatic hydroxyl groups is 1. The van der Waals surface area contributed by atoms with Gasteiger partial charge in [0.2, 0.25) is 0 Å². The minimum atomic E-state index is 0.354. The van der Waals surface area contributed by atoms with Gasteiger partial charge in [-0.3, -0.25) is 4.90 Å². The molecule has 1 saturated heterocycles. The number of nitrogens with zero attached hydrogens (tertiary/aromatic N) is 1. The predicted molar refractivity (Wildman–Crippen MR) is 88.6 cm³/mol. The van der Waals surface area contributed by atoms with Crippen LogP contribution in [-0.2, 0) is 0 Å². The molecule has 0 bridgehead atoms. The van der Waals surface area contributed by atoms with Crippen molar-refractivity contribution in [2.24, 2.45) is 5.92 Å². The highest BCUT2D eigenvalue weighted by molar-refractivity contribution is 5.28. The molecule has 1 fully saturated rings. The van der Waals surface area contributed by atoms with Gasteiger partial charge in [0.15, 0.2) is 0 Å². The number of rotatable bonds is 7. The van der Waals surface area contributed by atoms with Crippen LogP contribution in [0.3, 0.4) is 0 Å². The summed E-state index contributed by atoms with van der Waals surface area (Å²) < 4.78 is 0. The molecule has 118 valence electrons. The first kappa shape index (κ1) is 16.3. The van der Waals surface area contributed by atoms with E-state index in [4.69, 9.17) is 0 Å². The molecule has 2 atom stereocenters. The van der Waals surface area contributed by atoms with Crippen molar-refractivity contribution in [2.45, 2.75) is 45.6 Å². The standard InChI is InChI=1S/C18H30N2O/c1-3-12-20(14-15-6-5-11-19-13-15)18(4-2)16-7-9-17(21)10-8-16/h7-10,15,18-19,21H,3-6,11-14H2,1-2H3. The zero-order valence-electron chi connectivity index (χ0n) is 13.5. The Morgan fingerprint density at radius 2 is 2.05 bits per heavy atom. The summed E-state index contributed by atoms with van der Waals surface area (Å²) in [7, 11) is 0. The molecule has 1 aromatic rings. The highest BCUT2D eigenvalue weighted by Gasteiger charge is 2.22. The van der Waals surface area contributed by atoms with Crippen LogP contribution >= 0.6 is 0 Å². The lowest BCUT2D eigenvalue weighted by molar-refractivity contribution is 0.149. The van der Waals surface area contributed by atoms with E-state index in [1.165, 1.54) is 37.9 Å². The summed E-state index contributed by atoms with van der Waals surface area (Å²) in [5, 5.41) is 13.0. The number of benzene rings is 1. The molecular weight excluding hydrogens is 260 g/mol. The lowest BCUT2D eigenvalue weighted by atomic mass is 9.96. The van der Waals surface area contributed by atoms with Crippen LogP contribution in [-0.4, -0.2) is 36.2 Å². The largest absolute Gasteiger partial charge is 0.508 e. The van der Waals surface area contributed by atoms with Crippen LogP contribution in [0.4, 0.5) is 0 Å². The van der Waals surface area contributed by atoms with E-state index in [1.54, 1.807) is 0 Å². The SMILES string of the molecule is CCCN(CC1CCCNC1)C(CC)c1ccc(O)cc1. The molecule has 1 aromatic carbocycles. The number of nitrogens with one attached hydrogen (secondary N) is 1. The second kappa shape index (κ2) is 8.40. The van der Waals surface area contributed by atoms with Gasteiger partial charge in [0.1, 0.15) is 5.75 Å². The van der Waals surface area contributed by atoms with Crippen molar-refractivity contribution in [2.75, 3.05) is 26.2 Å². The number of hydrogen-bond acceptors (Lipinski definition) is 3. The van der Waals surface area contributed by atoms with Gasteiger partial charge in [-0.25, -0.2) is 0 Å². The van der Waals surface area contributed by atoms with Crippen LogP contribution in [0.15, 0.2) is 24.3 Å². The van der Waals surface area contributed by atoms with Crippen molar-refractivity contribution >= 4 is 0 Å². The Labute approximate surface area is 129 Å². The second-order valence-electron chi connectivity index (χ2n) is 6.22. The first-order valence-corrected chi connectivity index (χ1v) is 8.48. The molecule has 2 N–H and O–H groups in total. The Kier molecular flexibility index (Phi) is 6.52. The molecule has 0 saturated carbocycles. The number of phenols is 1. The van der Waals surface area contributed by atoms with Gasteiger partial charge in [-0.15, -0.1) is 0 Å². The van der Waals surface area contributed by atoms with Gasteiger partial charge in [-0.1, -0.05) is 26.0 Å². The van der Waals surface area contributed by atoms with Crippen LogP contribution in [0.5, 0.6) is 5.75 Å². The van der Waals surface area contributed by atoms with Crippen LogP contribution in [0.2, 0.25) is 0 Å². The average molecular weight is 290 g/mol. The highest BCUT2D eigenvalue weighted by Crippen LogP contribution is 2.27. The summed E-state index contributed by atoms with van der Waals surface area (Å²) in [6, 6.07) is 8.23. The van der Waals surface area contributed by atoms with Crippen LogP contribution in [0.25, 0.3) is 0 Å². The maximum atomic E-state index is 9.49. The smallest absolute Gasteiger partial charge is 0.115 e. The minimum absolute atomic E-state index is 0.354. The van der Waals surface area contributed by atoms with Crippen molar-refractivity contribution in [3.8, 4) is 5.75 Å². The Morgan fingerprint density at radius 1 is 1.29 bits per heavy atom. The summed E-state index contributed by atoms with van der Waals surface area (Å²) in [5.74, 6) is 1.13. The van der Waals surface area contributed by atoms with Crippen molar-refractivity contribution in [1.29, 1.82) is 0 Å². The van der Waals surface area contributed by atoms with Gasteiger partial charge >= 0.3 is 0 Å². The van der Waals surface area contributed by atoms with Gasteiger partial charge in [0, 0.05) is 12.6 Å². The van der Waals surface area contributed by atoms with E-state index in [0.717, 1.165) is 25.4 Å². The summed E-state index contributed by atoms with van der Waals surface area (Å²) in [5.41, 5.74) is 1.33. The third kappa shape index (κ3) is 4.72. The molecular formula is C18H30N2O. The lowest BCUT2D eigenvalue weighted by Crippen LogP contribution is -2.40. The lowest BCUT2D eigenvalue weighted by Gasteiger charge is -2.35. The molecule has 0 radical (unpaired) electrons. The molecule has 0 spiro atoms. The fourth-order valence-corrected chi connectivity index (χ4v) is 3.47. The number of phenolic OH excluding ortho intramolecular Hbond substituents is 1. The monoisotopic (exact) mass is 290 g/mol. The minimum Gasteiger partial charge on any atom is -0.508 e. The van der Waals surface area contributed by atoms with Crippen LogP contribution < -0.4 is 5.32 Å². The van der Waals surface area contributed by atoms with E-state index in [0.29, 0.717) is 11.8 Å². The zero-order valence-corrected chi connectivity index (χ0v) is 13.5. The summed E-state index contributed by atoms with van der Waals surface area (Å²) in [6.45, 7) is 9.19. The Balaban J connectivity index is 2.07. The van der Waals surface area contributed by atoms with Gasteiger partial charge < -0.3 is 10.4 Å². The molecule has 3 heteroatoms. The molecule has 2 rings (SSSR count). The molecule has 21 heavy (non-hydrogen) atoms. The molecule has 2 unspecified atom stereocenters. The zero-order chi connectivity index (χ0) is 15.1. The number of piperidine rings is 1. The topological polar surface area (TPSA) is 35.5 Å². The molecule has 3 nitrogen and oxygen atoms in total. The Bertz CT molecular complexity index is 398. The maximum Gasteiger partial charge on any atom is 0.115 e. The van der Waals surface area contributed by atoms with E-state index in [1.807, 2.05) is 12.1 Å². The predicted octanol–water partition coefficient (Wildman–Crippen LogP) is 3.55. The third-order valence-corrected chi connectivity index (χ3v) is 4.51. The van der Waals surface area contributed by atoms with Crippen LogP contribution in [0.1, 0.15) is 51.1 Å². The normalized spacial score (nSPS) is 20.6. The second-order valence-corrected chi connectivity index (χ2v) is 6.22. The fourth-order valence-electron chi connectivity index (χ4n) is 3.47. The van der Waals surface area contributed by atoms with Crippen molar-refractivity contribution in [1.82, 2.24) is 10.2 Å². The van der Waals surface area contributed by atoms with E-state index < -0.39 is 0 Å². The molecule has 0 aromatic heterocycles. The number of hydrogen-bond donors (Lipinski definition) is 2. The average Bonchev–Trinajstić information content (AvgIpc) is 2.51. The van der Waals surface area contributed by atoms with E-state index >= 15 is 0 Å². The molecule has 1 aliphatic rings. The van der Waals surface area contributed by atoms with E-state index in [-0.39, 0.29) is 0 Å². The van der Waals surface area contributed by atoms with Gasteiger partial charge in [-0.2, -0.15) is 0 Å². The maximum absolute atomic E-state index is 9.49. The third-order valence-electron chi connectivity index (χ3n) is 4.51. The molecule has 0 amide bonds. The van der Waals surface area contributed by atoms with E-state index in [9.17, 15) is 5.11 Å². The van der Waals surface area contributed by atoms with Crippen molar-refractivity contribution < 1.29 is 5.11 Å². The summed E-state index contributed by atoms with van der Waals surface area (Å²) in [6.07, 6.45) is 4.96. The Hall–Kier alpha value is -1.06. The molecule has 1 heterocycles. The Morgan fingerprint density at radius 3 is 2.62 bits per heavy atom. The highest BCUT2D eigenvalue weighted by atomic mass is 16.3. The van der Waals surface area contributed by atoms with Crippen molar-refractivity contribution in [3.63, 3.8) is 0 Å². The van der Waals surface area contributed by atoms with Crippen molar-refractivity contribution in [3.05, 3.63) is 29.8 Å². The van der Waals surface area contributed by atoms with Gasteiger partial charge in [-0.05, 0) is 68.9 Å². The first-order valence-electron chi connectivity index (χ1n) is 8.48. The van der Waals surface area contributed by atoms with Gasteiger partial charge in [0.05, 0.1) is 0 Å². The fraction of sp³-hybridized carbons (Fsp3) is 0.667. The summed E-state index contributed by atoms with van der Waals surface area (Å²) in [4.78, 5) is 2.64. The quantitative estimate of drug-likeness (QED) is 0.806. The van der Waals surface area contributed by atoms with E-state index in [2.05, 4.69) is 36.2 Å². The van der Waals surface area contributed by atoms with Gasteiger partial charge in [0.25, 0.3) is 0 Å². The first-order chi connectivity index (χ1) is 10.2. The summed E-state index contributed by atoms with van der Waals surface area (Å²) >= 11 is 0. The molecule has 0 aliphatic carbocycles.